The molecule has 120 valence electrons. The Bertz CT molecular complexity index is 793. The number of rotatable bonds is 2. The average Bonchev–Trinajstić information content (AvgIpc) is 3.17. The van der Waals surface area contributed by atoms with Gasteiger partial charge in [0.1, 0.15) is 0 Å². The van der Waals surface area contributed by atoms with Crippen LogP contribution in [0, 0.1) is 0 Å². The lowest BCUT2D eigenvalue weighted by molar-refractivity contribution is 0.0674. The van der Waals surface area contributed by atoms with Crippen LogP contribution in [0.4, 0.5) is 0 Å². The van der Waals surface area contributed by atoms with E-state index >= 15 is 0 Å². The molecule has 0 spiro atoms. The van der Waals surface area contributed by atoms with Crippen molar-refractivity contribution in [2.45, 2.75) is 38.6 Å². The smallest absolute Gasteiger partial charge is 0.356 e. The third kappa shape index (κ3) is 2.35. The van der Waals surface area contributed by atoms with Crippen molar-refractivity contribution in [3.63, 3.8) is 0 Å². The van der Waals surface area contributed by atoms with Crippen LogP contribution in [0.1, 0.15) is 55.4 Å². The summed E-state index contributed by atoms with van der Waals surface area (Å²) >= 11 is 1.68. The zero-order valence-corrected chi connectivity index (χ0v) is 13.4. The molecule has 2 aromatic rings. The Labute approximate surface area is 137 Å². The summed E-state index contributed by atoms with van der Waals surface area (Å²) in [5.74, 6) is -1.03. The van der Waals surface area contributed by atoms with Gasteiger partial charge in [-0.3, -0.25) is 9.89 Å². The molecule has 23 heavy (non-hydrogen) atoms. The van der Waals surface area contributed by atoms with E-state index in [0.717, 1.165) is 30.5 Å². The summed E-state index contributed by atoms with van der Waals surface area (Å²) in [4.78, 5) is 27.2. The number of nitrogens with one attached hydrogen (secondary N) is 1. The Hall–Kier alpha value is -2.15. The molecule has 1 aliphatic carbocycles. The summed E-state index contributed by atoms with van der Waals surface area (Å²) in [5.41, 5.74) is 3.53. The molecule has 0 bridgehead atoms. The van der Waals surface area contributed by atoms with Crippen LogP contribution in [0.25, 0.3) is 0 Å². The third-order valence-electron chi connectivity index (χ3n) is 4.72. The van der Waals surface area contributed by atoms with E-state index in [1.807, 2.05) is 5.38 Å². The van der Waals surface area contributed by atoms with E-state index < -0.39 is 5.97 Å². The number of aromatic nitrogens is 2. The van der Waals surface area contributed by atoms with Gasteiger partial charge in [-0.2, -0.15) is 5.10 Å². The minimum absolute atomic E-state index is 0.0209. The number of hydrogen-bond donors (Lipinski definition) is 2. The van der Waals surface area contributed by atoms with Crippen LogP contribution < -0.4 is 0 Å². The lowest BCUT2D eigenvalue weighted by Crippen LogP contribution is -2.36. The van der Waals surface area contributed by atoms with Crippen LogP contribution in [-0.2, 0) is 25.8 Å². The number of fused-ring (bicyclic) bond motifs is 2. The van der Waals surface area contributed by atoms with Gasteiger partial charge in [0.05, 0.1) is 12.1 Å². The summed E-state index contributed by atoms with van der Waals surface area (Å²) in [6, 6.07) is 0. The van der Waals surface area contributed by atoms with Crippen LogP contribution in [0.3, 0.4) is 0 Å². The molecule has 0 fully saturated rings. The molecule has 6 nitrogen and oxygen atoms in total. The number of aryl methyl sites for hydroxylation is 1. The number of carboxylic acids is 1. The van der Waals surface area contributed by atoms with Crippen LogP contribution in [-0.4, -0.2) is 38.6 Å². The molecule has 2 aromatic heterocycles. The van der Waals surface area contributed by atoms with Gasteiger partial charge in [0.15, 0.2) is 5.69 Å². The number of carbonyl (C=O) groups is 2. The van der Waals surface area contributed by atoms with Gasteiger partial charge in [0, 0.05) is 34.5 Å². The Morgan fingerprint density at radius 2 is 2.04 bits per heavy atom. The minimum Gasteiger partial charge on any atom is -0.476 e. The second-order valence-corrected chi connectivity index (χ2v) is 7.03. The van der Waals surface area contributed by atoms with Crippen molar-refractivity contribution in [1.82, 2.24) is 15.1 Å². The van der Waals surface area contributed by atoms with Crippen molar-refractivity contribution >= 4 is 23.2 Å². The highest BCUT2D eigenvalue weighted by atomic mass is 32.1. The van der Waals surface area contributed by atoms with Crippen molar-refractivity contribution in [3.8, 4) is 0 Å². The number of thiophene rings is 1. The number of aromatic carboxylic acids is 1. The monoisotopic (exact) mass is 331 g/mol. The predicted molar refractivity (Wildman–Crippen MR) is 85.0 cm³/mol. The van der Waals surface area contributed by atoms with Gasteiger partial charge >= 0.3 is 5.97 Å². The molecule has 0 atom stereocenters. The number of amides is 1. The van der Waals surface area contributed by atoms with E-state index in [9.17, 15) is 14.7 Å². The molecule has 0 saturated heterocycles. The van der Waals surface area contributed by atoms with E-state index in [-0.39, 0.29) is 11.6 Å². The number of nitrogens with zero attached hydrogens (tertiary/aromatic N) is 2. The SMILES string of the molecule is O=C(O)c1n[nH]c2c1CN(C(=O)c1csc3c1CCCC3)CC2. The van der Waals surface area contributed by atoms with Crippen LogP contribution in [0.5, 0.6) is 0 Å². The maximum Gasteiger partial charge on any atom is 0.356 e. The molecule has 2 N–H and O–H groups in total. The summed E-state index contributed by atoms with van der Waals surface area (Å²) in [5, 5.41) is 17.8. The van der Waals surface area contributed by atoms with Crippen molar-refractivity contribution in [1.29, 1.82) is 0 Å². The zero-order valence-electron chi connectivity index (χ0n) is 12.6. The highest BCUT2D eigenvalue weighted by molar-refractivity contribution is 7.10. The van der Waals surface area contributed by atoms with Crippen molar-refractivity contribution in [2.75, 3.05) is 6.54 Å². The number of carbonyl (C=O) groups excluding carboxylic acids is 1. The van der Waals surface area contributed by atoms with E-state index in [1.165, 1.54) is 16.9 Å². The average molecular weight is 331 g/mol. The van der Waals surface area contributed by atoms with Crippen molar-refractivity contribution < 1.29 is 14.7 Å². The highest BCUT2D eigenvalue weighted by Crippen LogP contribution is 2.32. The molecule has 1 amide bonds. The fourth-order valence-corrected chi connectivity index (χ4v) is 4.61. The Morgan fingerprint density at radius 1 is 1.22 bits per heavy atom. The largest absolute Gasteiger partial charge is 0.476 e. The lowest BCUT2D eigenvalue weighted by atomic mass is 9.95. The van der Waals surface area contributed by atoms with Gasteiger partial charge in [-0.1, -0.05) is 0 Å². The Balaban J connectivity index is 1.62. The Kier molecular flexibility index (Phi) is 3.45. The molecule has 3 heterocycles. The van der Waals surface area contributed by atoms with Crippen molar-refractivity contribution in [2.24, 2.45) is 0 Å². The summed E-state index contributed by atoms with van der Waals surface area (Å²) < 4.78 is 0. The van der Waals surface area contributed by atoms with Crippen LogP contribution in [0.15, 0.2) is 5.38 Å². The minimum atomic E-state index is -1.05. The molecule has 7 heteroatoms. The molecule has 0 radical (unpaired) electrons. The van der Waals surface area contributed by atoms with E-state index in [4.69, 9.17) is 0 Å². The quantitative estimate of drug-likeness (QED) is 0.884. The summed E-state index contributed by atoms with van der Waals surface area (Å²) in [7, 11) is 0. The molecule has 4 rings (SSSR count). The standard InChI is InChI=1S/C16H17N3O3S/c20-15(11-8-23-13-4-2-1-3-9(11)13)19-6-5-12-10(7-19)14(16(21)22)18-17-12/h8H,1-7H2,(H,17,18)(H,21,22). The normalized spacial score (nSPS) is 16.8. The van der Waals surface area contributed by atoms with Gasteiger partial charge in [-0.25, -0.2) is 4.79 Å². The zero-order chi connectivity index (χ0) is 16.0. The summed E-state index contributed by atoms with van der Waals surface area (Å²) in [6.45, 7) is 0.911. The highest BCUT2D eigenvalue weighted by Gasteiger charge is 2.30. The van der Waals surface area contributed by atoms with Crippen LogP contribution >= 0.6 is 11.3 Å². The maximum atomic E-state index is 12.9. The molecular formula is C16H17N3O3S. The maximum absolute atomic E-state index is 12.9. The molecular weight excluding hydrogens is 314 g/mol. The number of aromatic amines is 1. The Morgan fingerprint density at radius 3 is 2.87 bits per heavy atom. The number of hydrogen-bond acceptors (Lipinski definition) is 4. The first-order valence-electron chi connectivity index (χ1n) is 7.83. The van der Waals surface area contributed by atoms with Crippen molar-refractivity contribution in [3.05, 3.63) is 38.3 Å². The second-order valence-electron chi connectivity index (χ2n) is 6.07. The molecule has 1 aliphatic heterocycles. The molecule has 2 aliphatic rings. The first kappa shape index (κ1) is 14.4. The van der Waals surface area contributed by atoms with Gasteiger partial charge < -0.3 is 10.0 Å². The third-order valence-corrected chi connectivity index (χ3v) is 5.80. The lowest BCUT2D eigenvalue weighted by Gasteiger charge is -2.27. The van der Waals surface area contributed by atoms with Gasteiger partial charge in [-0.05, 0) is 31.2 Å². The molecule has 0 saturated carbocycles. The van der Waals surface area contributed by atoms with E-state index in [0.29, 0.717) is 25.1 Å². The van der Waals surface area contributed by atoms with E-state index in [2.05, 4.69) is 10.2 Å². The fourth-order valence-electron chi connectivity index (χ4n) is 3.49. The fraction of sp³-hybridized carbons (Fsp3) is 0.438. The second kappa shape index (κ2) is 5.49. The van der Waals surface area contributed by atoms with Gasteiger partial charge in [-0.15, -0.1) is 11.3 Å². The van der Waals surface area contributed by atoms with Gasteiger partial charge in [0.2, 0.25) is 0 Å². The van der Waals surface area contributed by atoms with Crippen LogP contribution in [0.2, 0.25) is 0 Å². The van der Waals surface area contributed by atoms with Gasteiger partial charge in [0.25, 0.3) is 5.91 Å². The summed E-state index contributed by atoms with van der Waals surface area (Å²) in [6.07, 6.45) is 5.01. The number of H-pyrrole nitrogens is 1. The molecule has 0 unspecified atom stereocenters. The predicted octanol–water partition coefficient (Wildman–Crippen LogP) is 2.25. The number of carboxylic acid groups (broad SMARTS) is 1. The first-order valence-corrected chi connectivity index (χ1v) is 8.71. The topological polar surface area (TPSA) is 86.3 Å². The van der Waals surface area contributed by atoms with E-state index in [1.54, 1.807) is 16.2 Å². The molecule has 0 aromatic carbocycles. The first-order chi connectivity index (χ1) is 11.1.